The van der Waals surface area contributed by atoms with Crippen LogP contribution in [0.1, 0.15) is 23.2 Å². The van der Waals surface area contributed by atoms with Crippen LogP contribution in [-0.4, -0.2) is 28.4 Å². The molecule has 0 bridgehead atoms. The van der Waals surface area contributed by atoms with Crippen LogP contribution in [0, 0.1) is 29.1 Å². The Hall–Kier alpha value is -1.77. The van der Waals surface area contributed by atoms with E-state index < -0.39 is 46.6 Å². The zero-order valence-electron chi connectivity index (χ0n) is 10.4. The average molecular weight is 324 g/mol. The van der Waals surface area contributed by atoms with Crippen LogP contribution in [0.15, 0.2) is 0 Å². The number of benzene rings is 1. The van der Waals surface area contributed by atoms with Crippen molar-refractivity contribution in [3.05, 3.63) is 34.6 Å². The summed E-state index contributed by atoms with van der Waals surface area (Å²) in [6.07, 6.45) is 0.833. The van der Waals surface area contributed by atoms with Crippen LogP contribution in [0.2, 0.25) is 0 Å². The molecule has 1 aromatic rings. The molecule has 1 saturated heterocycles. The summed E-state index contributed by atoms with van der Waals surface area (Å²) in [6.45, 7) is 0.0698. The summed E-state index contributed by atoms with van der Waals surface area (Å²) in [5.41, 5.74) is 3.91. The van der Waals surface area contributed by atoms with Crippen molar-refractivity contribution < 1.29 is 26.7 Å². The fraction of sp³-hybridized carbons (Fsp3) is 0.333. The molecule has 21 heavy (non-hydrogen) atoms. The predicted molar refractivity (Wildman–Crippen MR) is 67.1 cm³/mol. The molecule has 0 aromatic heterocycles. The number of halogens is 5. The van der Waals surface area contributed by atoms with Crippen LogP contribution >= 0.6 is 12.2 Å². The van der Waals surface area contributed by atoms with E-state index in [1.807, 2.05) is 0 Å². The lowest BCUT2D eigenvalue weighted by Gasteiger charge is -2.24. The molecule has 9 heteroatoms. The third kappa shape index (κ3) is 2.45. The van der Waals surface area contributed by atoms with Gasteiger partial charge in [0.05, 0.1) is 11.0 Å². The third-order valence-electron chi connectivity index (χ3n) is 3.27. The first-order valence-electron chi connectivity index (χ1n) is 5.89. The summed E-state index contributed by atoms with van der Waals surface area (Å²) in [7, 11) is 0. The molecule has 0 spiro atoms. The number of nitrogens with two attached hydrogens (primary N) is 1. The van der Waals surface area contributed by atoms with E-state index in [0.717, 1.165) is 4.90 Å². The first-order chi connectivity index (χ1) is 9.77. The smallest absolute Gasteiger partial charge is 0.260 e. The van der Waals surface area contributed by atoms with Crippen molar-refractivity contribution in [1.29, 1.82) is 0 Å². The third-order valence-corrected chi connectivity index (χ3v) is 3.54. The molecule has 1 aromatic carbocycles. The van der Waals surface area contributed by atoms with Crippen molar-refractivity contribution in [3.63, 3.8) is 0 Å². The highest BCUT2D eigenvalue weighted by Crippen LogP contribution is 2.27. The molecule has 1 unspecified atom stereocenters. The largest absolute Gasteiger partial charge is 0.392 e. The van der Waals surface area contributed by atoms with E-state index in [1.165, 1.54) is 0 Å². The first-order valence-corrected chi connectivity index (χ1v) is 6.30. The summed E-state index contributed by atoms with van der Waals surface area (Å²) < 4.78 is 66.4. The summed E-state index contributed by atoms with van der Waals surface area (Å²) in [5, 5.41) is 0. The monoisotopic (exact) mass is 324 g/mol. The number of rotatable bonds is 2. The topological polar surface area (TPSA) is 46.3 Å². The van der Waals surface area contributed by atoms with Gasteiger partial charge in [-0.05, 0) is 12.8 Å². The van der Waals surface area contributed by atoms with E-state index in [2.05, 4.69) is 0 Å². The van der Waals surface area contributed by atoms with Crippen molar-refractivity contribution in [2.45, 2.75) is 18.9 Å². The van der Waals surface area contributed by atoms with Crippen LogP contribution in [0.4, 0.5) is 22.0 Å². The second kappa shape index (κ2) is 5.55. The number of hydrogen-bond acceptors (Lipinski definition) is 2. The SMILES string of the molecule is NC(=S)C1CCCN1C(=O)c1c(F)c(F)c(F)c(F)c1F. The minimum Gasteiger partial charge on any atom is -0.392 e. The van der Waals surface area contributed by atoms with Crippen LogP contribution in [0.25, 0.3) is 0 Å². The van der Waals surface area contributed by atoms with Gasteiger partial charge in [0, 0.05) is 6.54 Å². The number of carbonyl (C=O) groups is 1. The minimum atomic E-state index is -2.31. The molecule has 1 aliphatic rings. The Balaban J connectivity index is 2.52. The fourth-order valence-electron chi connectivity index (χ4n) is 2.24. The normalized spacial score (nSPS) is 18.1. The molecule has 0 saturated carbocycles. The van der Waals surface area contributed by atoms with Gasteiger partial charge >= 0.3 is 0 Å². The van der Waals surface area contributed by atoms with E-state index in [4.69, 9.17) is 18.0 Å². The molecular weight excluding hydrogens is 315 g/mol. The second-order valence-corrected chi connectivity index (χ2v) is 4.98. The quantitative estimate of drug-likeness (QED) is 0.393. The van der Waals surface area contributed by atoms with Crippen molar-refractivity contribution >= 4 is 23.1 Å². The molecule has 114 valence electrons. The van der Waals surface area contributed by atoms with Crippen molar-refractivity contribution in [2.75, 3.05) is 6.54 Å². The molecule has 0 radical (unpaired) electrons. The number of carbonyl (C=O) groups excluding carboxylic acids is 1. The van der Waals surface area contributed by atoms with E-state index in [9.17, 15) is 26.7 Å². The van der Waals surface area contributed by atoms with E-state index >= 15 is 0 Å². The Morgan fingerprint density at radius 2 is 1.52 bits per heavy atom. The molecule has 1 aliphatic heterocycles. The van der Waals surface area contributed by atoms with Crippen LogP contribution < -0.4 is 5.73 Å². The molecule has 1 fully saturated rings. The average Bonchev–Trinajstić information content (AvgIpc) is 2.92. The zero-order chi connectivity index (χ0) is 15.9. The predicted octanol–water partition coefficient (Wildman–Crippen LogP) is 2.27. The zero-order valence-corrected chi connectivity index (χ0v) is 11.2. The molecular formula is C12H9F5N2OS. The van der Waals surface area contributed by atoms with Crippen molar-refractivity contribution in [1.82, 2.24) is 4.90 Å². The van der Waals surface area contributed by atoms with Gasteiger partial charge in [0.15, 0.2) is 23.3 Å². The maximum Gasteiger partial charge on any atom is 0.260 e. The van der Waals surface area contributed by atoms with Crippen LogP contribution in [-0.2, 0) is 0 Å². The summed E-state index contributed by atoms with van der Waals surface area (Å²) in [6, 6.07) is -0.762. The second-order valence-electron chi connectivity index (χ2n) is 4.50. The summed E-state index contributed by atoms with van der Waals surface area (Å²) in [5.74, 6) is -12.3. The fourth-order valence-corrected chi connectivity index (χ4v) is 2.49. The van der Waals surface area contributed by atoms with Gasteiger partial charge in [-0.3, -0.25) is 4.79 Å². The van der Waals surface area contributed by atoms with Crippen LogP contribution in [0.5, 0.6) is 0 Å². The van der Waals surface area contributed by atoms with E-state index in [-0.39, 0.29) is 11.5 Å². The van der Waals surface area contributed by atoms with Gasteiger partial charge in [-0.25, -0.2) is 22.0 Å². The van der Waals surface area contributed by atoms with Gasteiger partial charge in [0.25, 0.3) is 5.91 Å². The molecule has 1 heterocycles. The van der Waals surface area contributed by atoms with Gasteiger partial charge in [0.1, 0.15) is 5.56 Å². The number of likely N-dealkylation sites (tertiary alicyclic amines) is 1. The molecule has 2 rings (SSSR count). The van der Waals surface area contributed by atoms with Gasteiger partial charge in [-0.1, -0.05) is 12.2 Å². The maximum absolute atomic E-state index is 13.6. The lowest BCUT2D eigenvalue weighted by molar-refractivity contribution is 0.0757. The first kappa shape index (κ1) is 15.6. The highest BCUT2D eigenvalue weighted by Gasteiger charge is 2.37. The molecule has 1 atom stereocenters. The van der Waals surface area contributed by atoms with Gasteiger partial charge in [-0.2, -0.15) is 0 Å². The van der Waals surface area contributed by atoms with E-state index in [1.54, 1.807) is 0 Å². The molecule has 0 aliphatic carbocycles. The maximum atomic E-state index is 13.6. The highest BCUT2D eigenvalue weighted by molar-refractivity contribution is 7.80. The summed E-state index contributed by atoms with van der Waals surface area (Å²) >= 11 is 4.73. The highest BCUT2D eigenvalue weighted by atomic mass is 32.1. The number of thiocarbonyl (C=S) groups is 1. The lowest BCUT2D eigenvalue weighted by atomic mass is 10.1. The van der Waals surface area contributed by atoms with Gasteiger partial charge in [-0.15, -0.1) is 0 Å². The van der Waals surface area contributed by atoms with Crippen molar-refractivity contribution in [3.8, 4) is 0 Å². The lowest BCUT2D eigenvalue weighted by Crippen LogP contribution is -2.43. The Bertz CT molecular complexity index is 608. The minimum absolute atomic E-state index is 0.0698. The Labute approximate surface area is 121 Å². The van der Waals surface area contributed by atoms with E-state index in [0.29, 0.717) is 12.8 Å². The molecule has 1 amide bonds. The van der Waals surface area contributed by atoms with Crippen molar-refractivity contribution in [2.24, 2.45) is 5.73 Å². The van der Waals surface area contributed by atoms with Crippen LogP contribution in [0.3, 0.4) is 0 Å². The number of amides is 1. The van der Waals surface area contributed by atoms with Gasteiger partial charge in [0.2, 0.25) is 5.82 Å². The molecule has 3 nitrogen and oxygen atoms in total. The Morgan fingerprint density at radius 1 is 1.05 bits per heavy atom. The summed E-state index contributed by atoms with van der Waals surface area (Å²) in [4.78, 5) is 12.9. The molecule has 2 N–H and O–H groups in total. The standard InChI is InChI=1S/C12H9F5N2OS/c13-6-5(7(14)9(16)10(17)8(6)15)12(20)19-3-1-2-4(19)11(18)21/h4H,1-3H2,(H2,18,21). The van der Waals surface area contributed by atoms with Gasteiger partial charge < -0.3 is 10.6 Å². The number of hydrogen-bond donors (Lipinski definition) is 1. The number of nitrogens with zero attached hydrogens (tertiary/aromatic N) is 1. The Kier molecular flexibility index (Phi) is 4.13. The Morgan fingerprint density at radius 3 is 2.00 bits per heavy atom.